The van der Waals surface area contributed by atoms with Crippen molar-refractivity contribution in [2.75, 3.05) is 26.9 Å². The van der Waals surface area contributed by atoms with Crippen molar-refractivity contribution < 1.29 is 128 Å². The van der Waals surface area contributed by atoms with Gasteiger partial charge in [-0.1, -0.05) is 91.0 Å². The zero-order valence-corrected chi connectivity index (χ0v) is 51.7. The maximum absolute atomic E-state index is 12.4. The van der Waals surface area contributed by atoms with Gasteiger partial charge in [0, 0.05) is 0 Å². The molecule has 34 nitrogen and oxygen atoms in total. The smallest absolute Gasteiger partial charge is 0.294 e. The van der Waals surface area contributed by atoms with Crippen molar-refractivity contribution in [1.82, 2.24) is 10.6 Å². The topological polar surface area (TPSA) is 596 Å². The summed E-state index contributed by atoms with van der Waals surface area (Å²) in [5.41, 5.74) is 13.7. The van der Waals surface area contributed by atoms with Gasteiger partial charge in [-0.05, 0) is 75.8 Å². The molecular weight excluding hydrogens is 1310 g/mol. The Hall–Kier alpha value is -6.68. The molecule has 6 aromatic rings. The van der Waals surface area contributed by atoms with Crippen LogP contribution in [0.3, 0.4) is 0 Å². The zero-order valence-electron chi connectivity index (χ0n) is 49.3. The van der Waals surface area contributed by atoms with Crippen LogP contribution in [0.25, 0.3) is 32.3 Å². The fraction of sp³-hybridized carbons (Fsp3) is 0.421. The van der Waals surface area contributed by atoms with Gasteiger partial charge in [0.1, 0.15) is 85.4 Å². The summed E-state index contributed by atoms with van der Waals surface area (Å²) in [6, 6.07) is 31.1. The summed E-state index contributed by atoms with van der Waals surface area (Å²) in [6.07, 6.45) is -28.4. The first-order valence-electron chi connectivity index (χ1n) is 28.2. The molecule has 4 aliphatic rings. The maximum Gasteiger partial charge on any atom is 0.294 e. The second kappa shape index (κ2) is 31.5. The van der Waals surface area contributed by atoms with Crippen molar-refractivity contribution in [3.63, 3.8) is 0 Å². The first-order chi connectivity index (χ1) is 44.2. The number of nitrogens with zero attached hydrogens (tertiary/aromatic N) is 1. The van der Waals surface area contributed by atoms with Crippen molar-refractivity contribution in [2.45, 2.75) is 137 Å². The van der Waals surface area contributed by atoms with Crippen LogP contribution in [0.15, 0.2) is 147 Å². The minimum atomic E-state index is -4.09. The van der Waals surface area contributed by atoms with Gasteiger partial charge in [-0.3, -0.25) is 23.9 Å². The molecule has 94 heavy (non-hydrogen) atoms. The molecule has 0 spiro atoms. The molecule has 3 heterocycles. The second-order valence-electron chi connectivity index (χ2n) is 21.7. The Bertz CT molecular complexity index is 3700. The number of hydrogen-bond donors (Lipinski definition) is 20. The number of likely N-dealkylation sites (N-methyl/N-ethyl adjacent to an activating group) is 1. The van der Waals surface area contributed by atoms with E-state index >= 15 is 0 Å². The zero-order chi connectivity index (χ0) is 69.4. The van der Waals surface area contributed by atoms with Crippen LogP contribution < -0.4 is 27.8 Å². The van der Waals surface area contributed by atoms with E-state index in [4.69, 9.17) is 64.7 Å². The second-order valence-corrected chi connectivity index (χ2v) is 26.0. The summed E-state index contributed by atoms with van der Waals surface area (Å²) < 4.78 is 126. The molecule has 1 saturated carbocycles. The summed E-state index contributed by atoms with van der Waals surface area (Å²) in [4.78, 5) is 16.0. The number of benzene rings is 6. The number of aliphatic imine (C=N–C) groups is 1. The molecule has 4 fully saturated rings. The number of nitrogens with two attached hydrogens (primary N) is 3. The number of aliphatic hydroxyl groups is 11. The van der Waals surface area contributed by atoms with Crippen molar-refractivity contribution in [3.8, 4) is 0 Å². The van der Waals surface area contributed by atoms with Crippen molar-refractivity contribution in [2.24, 2.45) is 22.2 Å². The molecule has 10 rings (SSSR count). The lowest BCUT2D eigenvalue weighted by atomic mass is 9.81. The first-order valence-corrected chi connectivity index (χ1v) is 32.5. The minimum absolute atomic E-state index is 0.0363. The number of fused-ring (bicyclic) bond motifs is 3. The number of carbonyl (C=O) groups excluding carboxylic acids is 1. The predicted octanol–water partition coefficient (Wildman–Crippen LogP) is -4.90. The van der Waals surface area contributed by atoms with E-state index in [0.717, 1.165) is 32.3 Å². The number of nitrogens with one attached hydrogen (secondary N) is 3. The fourth-order valence-corrected chi connectivity index (χ4v) is 12.2. The summed E-state index contributed by atoms with van der Waals surface area (Å²) in [5.74, 6) is -1.30. The molecule has 1 aliphatic carbocycles. The van der Waals surface area contributed by atoms with Gasteiger partial charge in [-0.2, -0.15) is 25.3 Å². The molecule has 0 aromatic heterocycles. The van der Waals surface area contributed by atoms with E-state index < -0.39 is 184 Å². The predicted molar refractivity (Wildman–Crippen MR) is 327 cm³/mol. The number of aldehydes is 1. The van der Waals surface area contributed by atoms with E-state index in [1.54, 1.807) is 36.4 Å². The number of aliphatic hydroxyl groups excluding tert-OH is 10. The standard InChI is InChI=1S/C27H49N7O18.3C10H8O3S/c1-32-11-15(42)19(50-23-18(45)16(43)12(39)6(2-35)47-23)7(3-36)48-22(11)52-21-24(49-8(4-37)27(21,46)5-38)51-20-10(34-26(30)31)13(40)9(33-25(28)29)14(41)17(20)44;3*11-14(12,13)10-6-5-8-3-1-2-4-9(8)7-10/h5-24,32,35-37,39-46H,2-4H2,1H3,(H4,28,29,33)(H4,30,31,34);3*1-7H,(H,11,12,13). The molecule has 6 aromatic carbocycles. The van der Waals surface area contributed by atoms with Gasteiger partial charge in [0.2, 0.25) is 0 Å². The number of hydrogen-bond acceptors (Lipinski definition) is 27. The highest BCUT2D eigenvalue weighted by atomic mass is 32.2. The average Bonchev–Trinajstić information content (AvgIpc) is 1.44. The first kappa shape index (κ1) is 74.7. The van der Waals surface area contributed by atoms with Crippen LogP contribution in [0.1, 0.15) is 0 Å². The third-order valence-corrected chi connectivity index (χ3v) is 18.1. The third-order valence-electron chi connectivity index (χ3n) is 15.6. The van der Waals surface area contributed by atoms with Crippen LogP contribution in [0, 0.1) is 5.41 Å². The Morgan fingerprint density at radius 1 is 0.532 bits per heavy atom. The monoisotopic (exact) mass is 1380 g/mol. The average molecular weight is 1380 g/mol. The van der Waals surface area contributed by atoms with E-state index in [0.29, 0.717) is 0 Å². The van der Waals surface area contributed by atoms with Crippen LogP contribution in [0.2, 0.25) is 0 Å². The summed E-state index contributed by atoms with van der Waals surface area (Å²) in [5, 5.41) is 134. The summed E-state index contributed by atoms with van der Waals surface area (Å²) in [6.45, 7) is -2.69. The summed E-state index contributed by atoms with van der Waals surface area (Å²) >= 11 is 0. The van der Waals surface area contributed by atoms with Gasteiger partial charge in [-0.15, -0.1) is 0 Å². The fourth-order valence-electron chi connectivity index (χ4n) is 10.7. The van der Waals surface area contributed by atoms with Crippen LogP contribution >= 0.6 is 0 Å². The molecule has 0 radical (unpaired) electrons. The van der Waals surface area contributed by atoms with E-state index in [9.17, 15) is 86.2 Å². The van der Waals surface area contributed by atoms with Gasteiger partial charge in [0.25, 0.3) is 30.4 Å². The minimum Gasteiger partial charge on any atom is -0.394 e. The molecule has 516 valence electrons. The number of rotatable bonds is 16. The third kappa shape index (κ3) is 17.5. The highest BCUT2D eigenvalue weighted by Crippen LogP contribution is 2.39. The molecule has 20 atom stereocenters. The molecule has 20 unspecified atom stereocenters. The quantitative estimate of drug-likeness (QED) is 0.0187. The van der Waals surface area contributed by atoms with Gasteiger partial charge in [-0.25, -0.2) is 4.99 Å². The van der Waals surface area contributed by atoms with Crippen LogP contribution in [-0.4, -0.2) is 262 Å². The SMILES string of the molecule is CNC1C(OC2C(OC3C(O)C(O)C(NC(=N)N)C(O)C3N=C(N)N)OC(CO)C2(O)C=O)OC(CO)C(OC2OC(CO)C(O)C(O)C2O)C1O.O=S(=O)(O)c1ccc2ccccc2c1.O=S(=O)(O)c1ccc2ccccc2c1.O=S(=O)(O)c1ccc2ccccc2c1. The van der Waals surface area contributed by atoms with Gasteiger partial charge in [0.05, 0.1) is 46.6 Å². The van der Waals surface area contributed by atoms with E-state index in [1.807, 2.05) is 54.6 Å². The number of carbonyl (C=O) groups is 1. The Kier molecular flexibility index (Phi) is 25.0. The highest BCUT2D eigenvalue weighted by Gasteiger charge is 2.62. The Morgan fingerprint density at radius 2 is 0.968 bits per heavy atom. The van der Waals surface area contributed by atoms with Gasteiger partial charge >= 0.3 is 0 Å². The van der Waals surface area contributed by atoms with Gasteiger partial charge in [0.15, 0.2) is 42.7 Å². The largest absolute Gasteiger partial charge is 0.394 e. The van der Waals surface area contributed by atoms with Crippen LogP contribution in [0.4, 0.5) is 0 Å². The lowest BCUT2D eigenvalue weighted by Crippen LogP contribution is -2.70. The maximum atomic E-state index is 12.4. The molecule has 37 heteroatoms. The van der Waals surface area contributed by atoms with Crippen LogP contribution in [0.5, 0.6) is 0 Å². The lowest BCUT2D eigenvalue weighted by Gasteiger charge is -2.48. The van der Waals surface area contributed by atoms with E-state index in [-0.39, 0.29) is 21.0 Å². The molecular formula is C57H73N7O27S3. The van der Waals surface area contributed by atoms with E-state index in [2.05, 4.69) is 15.6 Å². The lowest BCUT2D eigenvalue weighted by molar-refractivity contribution is -0.357. The Labute approximate surface area is 536 Å². The molecule has 0 amide bonds. The van der Waals surface area contributed by atoms with E-state index in [1.165, 1.54) is 43.4 Å². The normalized spacial score (nSPS) is 31.9. The molecule has 3 saturated heterocycles. The number of ether oxygens (including phenoxy) is 6. The molecule has 3 aliphatic heterocycles. The van der Waals surface area contributed by atoms with Crippen LogP contribution in [-0.2, 0) is 63.6 Å². The van der Waals surface area contributed by atoms with Crippen molar-refractivity contribution >= 4 is 80.9 Å². The van der Waals surface area contributed by atoms with Crippen molar-refractivity contribution in [3.05, 3.63) is 127 Å². The number of guanidine groups is 2. The Morgan fingerprint density at radius 3 is 1.36 bits per heavy atom. The molecule has 0 bridgehead atoms. The summed E-state index contributed by atoms with van der Waals surface area (Å²) in [7, 11) is -11.0. The van der Waals surface area contributed by atoms with Gasteiger partial charge < -0.3 is 112 Å². The molecule has 23 N–H and O–H groups in total. The Balaban J connectivity index is 0.000000234. The van der Waals surface area contributed by atoms with Crippen molar-refractivity contribution in [1.29, 1.82) is 5.41 Å². The highest BCUT2D eigenvalue weighted by molar-refractivity contribution is 7.86.